The van der Waals surface area contributed by atoms with E-state index in [2.05, 4.69) is 15.4 Å². The van der Waals surface area contributed by atoms with Crippen LogP contribution in [0.25, 0.3) is 0 Å². The summed E-state index contributed by atoms with van der Waals surface area (Å²) >= 11 is 4.85. The molecule has 0 aliphatic heterocycles. The van der Waals surface area contributed by atoms with Crippen LogP contribution in [0.15, 0.2) is 24.7 Å². The van der Waals surface area contributed by atoms with Crippen molar-refractivity contribution < 1.29 is 9.18 Å². The standard InChI is InChI=1S/C11H10FN5OS/c1-17-10(7(4-15-17)9(13)19)16-11(18)6-2-3-14-5-8(6)12/h2-5H,1H3,(H2,13,19)(H,16,18). The molecule has 0 atom stereocenters. The molecule has 2 rings (SSSR count). The van der Waals surface area contributed by atoms with Crippen LogP contribution < -0.4 is 11.1 Å². The molecule has 8 heteroatoms. The van der Waals surface area contributed by atoms with Gasteiger partial charge in [-0.3, -0.25) is 14.5 Å². The molecule has 3 N–H and O–H groups in total. The number of carbonyl (C=O) groups excluding carboxylic acids is 1. The van der Waals surface area contributed by atoms with E-state index in [1.165, 1.54) is 23.1 Å². The first kappa shape index (κ1) is 13.1. The molecule has 0 aliphatic carbocycles. The summed E-state index contributed by atoms with van der Waals surface area (Å²) in [7, 11) is 1.61. The van der Waals surface area contributed by atoms with Crippen LogP contribution in [0.1, 0.15) is 15.9 Å². The first-order chi connectivity index (χ1) is 9.00. The highest BCUT2D eigenvalue weighted by Gasteiger charge is 2.17. The van der Waals surface area contributed by atoms with Gasteiger partial charge in [-0.2, -0.15) is 5.10 Å². The fraction of sp³-hybridized carbons (Fsp3) is 0.0909. The second-order valence-corrected chi connectivity index (χ2v) is 4.14. The van der Waals surface area contributed by atoms with E-state index in [-0.39, 0.29) is 10.6 Å². The Morgan fingerprint density at radius 3 is 2.84 bits per heavy atom. The Kier molecular flexibility index (Phi) is 3.52. The van der Waals surface area contributed by atoms with Gasteiger partial charge in [-0.05, 0) is 6.07 Å². The molecule has 0 unspecified atom stereocenters. The quantitative estimate of drug-likeness (QED) is 0.813. The molecule has 0 spiro atoms. The van der Waals surface area contributed by atoms with Crippen molar-refractivity contribution >= 4 is 28.9 Å². The Balaban J connectivity index is 2.32. The summed E-state index contributed by atoms with van der Waals surface area (Å²) in [5.74, 6) is -1.02. The number of hydrogen-bond donors (Lipinski definition) is 2. The third-order valence-electron chi connectivity index (χ3n) is 2.45. The lowest BCUT2D eigenvalue weighted by molar-refractivity contribution is 0.102. The number of carbonyl (C=O) groups is 1. The second-order valence-electron chi connectivity index (χ2n) is 3.70. The minimum atomic E-state index is -0.709. The Bertz CT molecular complexity index is 654. The molecule has 0 aromatic carbocycles. The lowest BCUT2D eigenvalue weighted by Gasteiger charge is -2.08. The summed E-state index contributed by atoms with van der Waals surface area (Å²) in [5.41, 5.74) is 5.81. The third-order valence-corrected chi connectivity index (χ3v) is 2.67. The normalized spacial score (nSPS) is 10.2. The first-order valence-corrected chi connectivity index (χ1v) is 5.64. The number of amides is 1. The van der Waals surface area contributed by atoms with E-state index in [0.717, 1.165) is 6.20 Å². The number of nitrogens with zero attached hydrogens (tertiary/aromatic N) is 3. The van der Waals surface area contributed by atoms with E-state index in [4.69, 9.17) is 18.0 Å². The number of hydrogen-bond acceptors (Lipinski definition) is 4. The molecule has 2 heterocycles. The summed E-state index contributed by atoms with van der Waals surface area (Å²) in [6.45, 7) is 0. The molecule has 0 bridgehead atoms. The van der Waals surface area contributed by atoms with Crippen LogP contribution in [-0.4, -0.2) is 25.7 Å². The second kappa shape index (κ2) is 5.11. The van der Waals surface area contributed by atoms with Crippen LogP contribution in [0.5, 0.6) is 0 Å². The van der Waals surface area contributed by atoms with Gasteiger partial charge in [-0.1, -0.05) is 12.2 Å². The highest BCUT2D eigenvalue weighted by Crippen LogP contribution is 2.16. The highest BCUT2D eigenvalue weighted by atomic mass is 32.1. The highest BCUT2D eigenvalue weighted by molar-refractivity contribution is 7.80. The van der Waals surface area contributed by atoms with E-state index in [9.17, 15) is 9.18 Å². The Labute approximate surface area is 113 Å². The van der Waals surface area contributed by atoms with Gasteiger partial charge < -0.3 is 11.1 Å². The fourth-order valence-electron chi connectivity index (χ4n) is 1.50. The van der Waals surface area contributed by atoms with Crippen molar-refractivity contribution in [2.45, 2.75) is 0 Å². The summed E-state index contributed by atoms with van der Waals surface area (Å²) in [4.78, 5) is 15.6. The summed E-state index contributed by atoms with van der Waals surface area (Å²) in [6.07, 6.45) is 3.73. The predicted molar refractivity (Wildman–Crippen MR) is 71.2 cm³/mol. The molecule has 6 nitrogen and oxygen atoms in total. The summed E-state index contributed by atoms with van der Waals surface area (Å²) in [5, 5.41) is 6.46. The topological polar surface area (TPSA) is 85.8 Å². The van der Waals surface area contributed by atoms with Gasteiger partial charge in [0.05, 0.1) is 23.5 Å². The van der Waals surface area contributed by atoms with E-state index < -0.39 is 11.7 Å². The number of rotatable bonds is 3. The van der Waals surface area contributed by atoms with Gasteiger partial charge >= 0.3 is 0 Å². The van der Waals surface area contributed by atoms with Crippen LogP contribution in [0.2, 0.25) is 0 Å². The Morgan fingerprint density at radius 1 is 1.47 bits per heavy atom. The van der Waals surface area contributed by atoms with Crippen LogP contribution in [0.3, 0.4) is 0 Å². The molecular weight excluding hydrogens is 269 g/mol. The van der Waals surface area contributed by atoms with Crippen molar-refractivity contribution in [3.05, 3.63) is 41.6 Å². The number of nitrogens with two attached hydrogens (primary N) is 1. The number of pyridine rings is 1. The average Bonchev–Trinajstić information content (AvgIpc) is 2.71. The Hall–Kier alpha value is -2.35. The number of halogens is 1. The maximum atomic E-state index is 13.4. The Morgan fingerprint density at radius 2 is 2.21 bits per heavy atom. The molecular formula is C11H10FN5OS. The van der Waals surface area contributed by atoms with Gasteiger partial charge in [0, 0.05) is 13.2 Å². The SMILES string of the molecule is Cn1ncc(C(N)=S)c1NC(=O)c1ccncc1F. The van der Waals surface area contributed by atoms with E-state index in [0.29, 0.717) is 11.4 Å². The number of aryl methyl sites for hydroxylation is 1. The maximum Gasteiger partial charge on any atom is 0.259 e. The molecule has 19 heavy (non-hydrogen) atoms. The molecule has 0 fully saturated rings. The van der Waals surface area contributed by atoms with E-state index >= 15 is 0 Å². The van der Waals surface area contributed by atoms with Gasteiger partial charge in [0.2, 0.25) is 0 Å². The van der Waals surface area contributed by atoms with Gasteiger partial charge in [-0.25, -0.2) is 4.39 Å². The molecule has 2 aromatic heterocycles. The zero-order chi connectivity index (χ0) is 14.0. The number of anilines is 1. The number of nitrogens with one attached hydrogen (secondary N) is 1. The van der Waals surface area contributed by atoms with E-state index in [1.807, 2.05) is 0 Å². The lowest BCUT2D eigenvalue weighted by atomic mass is 10.2. The maximum absolute atomic E-state index is 13.4. The fourth-order valence-corrected chi connectivity index (χ4v) is 1.65. The van der Waals surface area contributed by atoms with Gasteiger partial charge in [0.15, 0.2) is 5.82 Å². The minimum absolute atomic E-state index is 0.0959. The number of thiocarbonyl (C=S) groups is 1. The number of aromatic nitrogens is 3. The first-order valence-electron chi connectivity index (χ1n) is 5.23. The minimum Gasteiger partial charge on any atom is -0.389 e. The van der Waals surface area contributed by atoms with Crippen LogP contribution in [0.4, 0.5) is 10.2 Å². The third kappa shape index (κ3) is 2.58. The van der Waals surface area contributed by atoms with Gasteiger partial charge in [0.1, 0.15) is 10.8 Å². The molecule has 1 amide bonds. The molecule has 98 valence electrons. The average molecular weight is 279 g/mol. The van der Waals surface area contributed by atoms with Crippen molar-refractivity contribution in [1.82, 2.24) is 14.8 Å². The van der Waals surface area contributed by atoms with Crippen molar-refractivity contribution in [3.8, 4) is 0 Å². The van der Waals surface area contributed by atoms with E-state index in [1.54, 1.807) is 7.05 Å². The van der Waals surface area contributed by atoms with Crippen molar-refractivity contribution in [3.63, 3.8) is 0 Å². The van der Waals surface area contributed by atoms with Crippen LogP contribution in [0, 0.1) is 5.82 Å². The monoisotopic (exact) mass is 279 g/mol. The molecule has 0 radical (unpaired) electrons. The largest absolute Gasteiger partial charge is 0.389 e. The van der Waals surface area contributed by atoms with Gasteiger partial charge in [-0.15, -0.1) is 0 Å². The van der Waals surface area contributed by atoms with Crippen molar-refractivity contribution in [2.24, 2.45) is 12.8 Å². The summed E-state index contributed by atoms with van der Waals surface area (Å²) < 4.78 is 14.8. The molecule has 0 saturated carbocycles. The summed E-state index contributed by atoms with van der Waals surface area (Å²) in [6, 6.07) is 1.28. The van der Waals surface area contributed by atoms with Crippen LogP contribution in [-0.2, 0) is 7.05 Å². The molecule has 0 saturated heterocycles. The lowest BCUT2D eigenvalue weighted by Crippen LogP contribution is -2.19. The molecule has 0 aliphatic rings. The molecule has 2 aromatic rings. The van der Waals surface area contributed by atoms with Crippen molar-refractivity contribution in [1.29, 1.82) is 0 Å². The van der Waals surface area contributed by atoms with Crippen molar-refractivity contribution in [2.75, 3.05) is 5.32 Å². The predicted octanol–water partition coefficient (Wildman–Crippen LogP) is 0.841. The smallest absolute Gasteiger partial charge is 0.259 e. The van der Waals surface area contributed by atoms with Gasteiger partial charge in [0.25, 0.3) is 5.91 Å². The van der Waals surface area contributed by atoms with Crippen LogP contribution >= 0.6 is 12.2 Å². The zero-order valence-corrected chi connectivity index (χ0v) is 10.7. The zero-order valence-electron chi connectivity index (χ0n) is 9.92.